The van der Waals surface area contributed by atoms with Gasteiger partial charge in [-0.2, -0.15) is 13.2 Å². The SMILES string of the molecule is CCc1cccnc1C(=O)Cc1ccc(C(F)(F)F)cc1. The molecule has 0 aliphatic carbocycles. The molecule has 0 aliphatic rings. The summed E-state index contributed by atoms with van der Waals surface area (Å²) in [4.78, 5) is 16.3. The normalized spacial score (nSPS) is 11.4. The third-order valence-electron chi connectivity index (χ3n) is 3.18. The average Bonchev–Trinajstić information content (AvgIpc) is 2.46. The van der Waals surface area contributed by atoms with Crippen LogP contribution >= 0.6 is 0 Å². The monoisotopic (exact) mass is 293 g/mol. The van der Waals surface area contributed by atoms with Crippen LogP contribution in [0.5, 0.6) is 0 Å². The summed E-state index contributed by atoms with van der Waals surface area (Å²) in [6, 6.07) is 8.22. The van der Waals surface area contributed by atoms with E-state index >= 15 is 0 Å². The summed E-state index contributed by atoms with van der Waals surface area (Å²) in [7, 11) is 0. The molecule has 0 spiro atoms. The van der Waals surface area contributed by atoms with Gasteiger partial charge in [0, 0.05) is 12.6 Å². The van der Waals surface area contributed by atoms with Crippen LogP contribution in [0, 0.1) is 0 Å². The second-order valence-corrected chi connectivity index (χ2v) is 4.66. The summed E-state index contributed by atoms with van der Waals surface area (Å²) < 4.78 is 37.4. The highest BCUT2D eigenvalue weighted by Gasteiger charge is 2.30. The third kappa shape index (κ3) is 3.68. The van der Waals surface area contributed by atoms with Crippen molar-refractivity contribution >= 4 is 5.78 Å². The molecule has 1 aromatic carbocycles. The van der Waals surface area contributed by atoms with Crippen LogP contribution in [0.3, 0.4) is 0 Å². The molecule has 2 aromatic rings. The topological polar surface area (TPSA) is 30.0 Å². The molecule has 0 fully saturated rings. The van der Waals surface area contributed by atoms with Crippen molar-refractivity contribution in [2.24, 2.45) is 0 Å². The number of Topliss-reactive ketones (excluding diaryl/α,β-unsaturated/α-hetero) is 1. The lowest BCUT2D eigenvalue weighted by Gasteiger charge is -2.08. The van der Waals surface area contributed by atoms with Crippen LogP contribution in [0.2, 0.25) is 0 Å². The van der Waals surface area contributed by atoms with E-state index < -0.39 is 11.7 Å². The second kappa shape index (κ2) is 6.08. The van der Waals surface area contributed by atoms with Crippen molar-refractivity contribution in [2.75, 3.05) is 0 Å². The van der Waals surface area contributed by atoms with Gasteiger partial charge in [0.15, 0.2) is 5.78 Å². The summed E-state index contributed by atoms with van der Waals surface area (Å²) >= 11 is 0. The number of nitrogens with zero attached hydrogens (tertiary/aromatic N) is 1. The first-order valence-corrected chi connectivity index (χ1v) is 6.55. The maximum atomic E-state index is 12.5. The molecule has 0 saturated heterocycles. The van der Waals surface area contributed by atoms with E-state index in [-0.39, 0.29) is 12.2 Å². The summed E-state index contributed by atoms with van der Waals surface area (Å²) in [5.74, 6) is -0.188. The minimum Gasteiger partial charge on any atom is -0.292 e. The summed E-state index contributed by atoms with van der Waals surface area (Å²) in [6.07, 6.45) is -2.10. The summed E-state index contributed by atoms with van der Waals surface area (Å²) in [5.41, 5.74) is 1.06. The highest BCUT2D eigenvalue weighted by atomic mass is 19.4. The van der Waals surface area contributed by atoms with Gasteiger partial charge in [0.1, 0.15) is 5.69 Å². The van der Waals surface area contributed by atoms with E-state index in [9.17, 15) is 18.0 Å². The van der Waals surface area contributed by atoms with Crippen LogP contribution in [-0.2, 0) is 19.0 Å². The smallest absolute Gasteiger partial charge is 0.292 e. The number of benzene rings is 1. The predicted octanol–water partition coefficient (Wildman–Crippen LogP) is 4.09. The maximum Gasteiger partial charge on any atom is 0.416 e. The van der Waals surface area contributed by atoms with Crippen LogP contribution in [0.15, 0.2) is 42.6 Å². The van der Waals surface area contributed by atoms with Crippen molar-refractivity contribution in [3.8, 4) is 0 Å². The molecule has 0 atom stereocenters. The van der Waals surface area contributed by atoms with Gasteiger partial charge in [0.25, 0.3) is 0 Å². The number of aromatic nitrogens is 1. The van der Waals surface area contributed by atoms with E-state index in [1.54, 1.807) is 12.3 Å². The number of halogens is 3. The van der Waals surface area contributed by atoms with E-state index in [0.717, 1.165) is 17.7 Å². The van der Waals surface area contributed by atoms with E-state index in [2.05, 4.69) is 4.98 Å². The van der Waals surface area contributed by atoms with Gasteiger partial charge in [-0.1, -0.05) is 25.1 Å². The zero-order chi connectivity index (χ0) is 15.5. The zero-order valence-electron chi connectivity index (χ0n) is 11.4. The van der Waals surface area contributed by atoms with Crippen molar-refractivity contribution in [3.63, 3.8) is 0 Å². The molecule has 0 N–H and O–H groups in total. The number of ketones is 1. The first-order chi connectivity index (χ1) is 9.91. The molecular formula is C16H14F3NO. The number of alkyl halides is 3. The second-order valence-electron chi connectivity index (χ2n) is 4.66. The van der Waals surface area contributed by atoms with Gasteiger partial charge in [0.05, 0.1) is 5.56 Å². The third-order valence-corrected chi connectivity index (χ3v) is 3.18. The van der Waals surface area contributed by atoms with Gasteiger partial charge in [-0.25, -0.2) is 0 Å². The molecule has 2 nitrogen and oxygen atoms in total. The summed E-state index contributed by atoms with van der Waals surface area (Å²) in [6.45, 7) is 1.92. The number of rotatable bonds is 4. The first-order valence-electron chi connectivity index (χ1n) is 6.55. The van der Waals surface area contributed by atoms with Crippen LogP contribution in [0.1, 0.15) is 34.1 Å². The van der Waals surface area contributed by atoms with E-state index in [1.807, 2.05) is 13.0 Å². The molecule has 21 heavy (non-hydrogen) atoms. The van der Waals surface area contributed by atoms with Gasteiger partial charge in [-0.15, -0.1) is 0 Å². The van der Waals surface area contributed by atoms with Crippen LogP contribution in [-0.4, -0.2) is 10.8 Å². The minimum atomic E-state index is -4.36. The van der Waals surface area contributed by atoms with E-state index in [4.69, 9.17) is 0 Å². The fourth-order valence-electron chi connectivity index (χ4n) is 2.06. The first kappa shape index (κ1) is 15.2. The van der Waals surface area contributed by atoms with Crippen LogP contribution in [0.4, 0.5) is 13.2 Å². The van der Waals surface area contributed by atoms with Crippen molar-refractivity contribution in [2.45, 2.75) is 25.9 Å². The highest BCUT2D eigenvalue weighted by Crippen LogP contribution is 2.29. The number of hydrogen-bond donors (Lipinski definition) is 0. The molecule has 1 aromatic heterocycles. The van der Waals surface area contributed by atoms with Gasteiger partial charge < -0.3 is 0 Å². The molecular weight excluding hydrogens is 279 g/mol. The molecule has 1 heterocycles. The largest absolute Gasteiger partial charge is 0.416 e. The van der Waals surface area contributed by atoms with E-state index in [0.29, 0.717) is 17.7 Å². The Bertz CT molecular complexity index is 633. The lowest BCUT2D eigenvalue weighted by atomic mass is 10.0. The molecule has 0 aliphatic heterocycles. The fraction of sp³-hybridized carbons (Fsp3) is 0.250. The Morgan fingerprint density at radius 1 is 1.14 bits per heavy atom. The minimum absolute atomic E-state index is 0.0438. The number of aryl methyl sites for hydroxylation is 1. The quantitative estimate of drug-likeness (QED) is 0.795. The van der Waals surface area contributed by atoms with Crippen molar-refractivity contribution in [1.29, 1.82) is 0 Å². The molecule has 0 unspecified atom stereocenters. The molecule has 0 bridgehead atoms. The average molecular weight is 293 g/mol. The molecule has 110 valence electrons. The molecule has 0 radical (unpaired) electrons. The lowest BCUT2D eigenvalue weighted by Crippen LogP contribution is -2.10. The maximum absolute atomic E-state index is 12.5. The van der Waals surface area contributed by atoms with Gasteiger partial charge in [-0.05, 0) is 35.7 Å². The van der Waals surface area contributed by atoms with Crippen LogP contribution < -0.4 is 0 Å². The van der Waals surface area contributed by atoms with Crippen LogP contribution in [0.25, 0.3) is 0 Å². The predicted molar refractivity (Wildman–Crippen MR) is 73.1 cm³/mol. The Morgan fingerprint density at radius 3 is 2.38 bits per heavy atom. The Hall–Kier alpha value is -2.17. The molecule has 0 amide bonds. The van der Waals surface area contributed by atoms with Gasteiger partial charge in [-0.3, -0.25) is 9.78 Å². The Morgan fingerprint density at radius 2 is 1.81 bits per heavy atom. The molecule has 2 rings (SSSR count). The zero-order valence-corrected chi connectivity index (χ0v) is 11.4. The number of carbonyl (C=O) groups excluding carboxylic acids is 1. The van der Waals surface area contributed by atoms with E-state index in [1.165, 1.54) is 12.1 Å². The van der Waals surface area contributed by atoms with Crippen molar-refractivity contribution in [3.05, 3.63) is 65.0 Å². The summed E-state index contributed by atoms with van der Waals surface area (Å²) in [5, 5.41) is 0. The number of hydrogen-bond acceptors (Lipinski definition) is 2. The standard InChI is InChI=1S/C16H14F3NO/c1-2-12-4-3-9-20-15(12)14(21)10-11-5-7-13(8-6-11)16(17,18)19/h3-9H,2,10H2,1H3. The Labute approximate surface area is 120 Å². The highest BCUT2D eigenvalue weighted by molar-refractivity contribution is 5.97. The number of pyridine rings is 1. The number of carbonyl (C=O) groups is 1. The van der Waals surface area contributed by atoms with Crippen molar-refractivity contribution in [1.82, 2.24) is 4.98 Å². The molecule has 5 heteroatoms. The van der Waals surface area contributed by atoms with Gasteiger partial charge in [0.2, 0.25) is 0 Å². The Balaban J connectivity index is 2.16. The van der Waals surface area contributed by atoms with Crippen molar-refractivity contribution < 1.29 is 18.0 Å². The molecule has 0 saturated carbocycles. The Kier molecular flexibility index (Phi) is 4.40. The fourth-order valence-corrected chi connectivity index (χ4v) is 2.06. The lowest BCUT2D eigenvalue weighted by molar-refractivity contribution is -0.137. The van der Waals surface area contributed by atoms with Gasteiger partial charge >= 0.3 is 6.18 Å².